The molecule has 0 amide bonds. The van der Waals surface area contributed by atoms with Gasteiger partial charge in [-0.1, -0.05) is 48.0 Å². The van der Waals surface area contributed by atoms with Gasteiger partial charge in [0.05, 0.1) is 26.2 Å². The molecule has 0 saturated heterocycles. The Morgan fingerprint density at radius 2 is 1.90 bits per heavy atom. The number of methoxy groups -OCH3 is 1. The van der Waals surface area contributed by atoms with Crippen molar-refractivity contribution in [3.8, 4) is 5.75 Å². The van der Waals surface area contributed by atoms with Crippen LogP contribution in [0.4, 0.5) is 0 Å². The lowest BCUT2D eigenvalue weighted by Gasteiger charge is -2.21. The van der Waals surface area contributed by atoms with Gasteiger partial charge in [0.1, 0.15) is 11.6 Å². The quantitative estimate of drug-likeness (QED) is 0.464. The van der Waals surface area contributed by atoms with Crippen molar-refractivity contribution in [2.75, 3.05) is 7.11 Å². The third kappa shape index (κ3) is 5.37. The summed E-state index contributed by atoms with van der Waals surface area (Å²) >= 11 is 0. The van der Waals surface area contributed by atoms with Crippen LogP contribution in [0.3, 0.4) is 0 Å². The molecule has 0 spiro atoms. The zero-order chi connectivity index (χ0) is 21.5. The molecule has 7 nitrogen and oxygen atoms in total. The van der Waals surface area contributed by atoms with E-state index in [1.807, 2.05) is 48.9 Å². The molecular weight excluding hydrogens is 376 g/mol. The molecule has 2 aromatic carbocycles. The molecule has 1 unspecified atom stereocenters. The van der Waals surface area contributed by atoms with E-state index in [1.54, 1.807) is 7.11 Å². The fourth-order valence-electron chi connectivity index (χ4n) is 3.15. The molecule has 3 aromatic rings. The Hall–Kier alpha value is -3.35. The van der Waals surface area contributed by atoms with Gasteiger partial charge in [0.25, 0.3) is 0 Å². The van der Waals surface area contributed by atoms with Crippen LogP contribution in [0.2, 0.25) is 0 Å². The van der Waals surface area contributed by atoms with Crippen LogP contribution in [-0.2, 0) is 20.1 Å². The Labute approximate surface area is 178 Å². The van der Waals surface area contributed by atoms with E-state index in [2.05, 4.69) is 52.9 Å². The second-order valence-electron chi connectivity index (χ2n) is 7.34. The highest BCUT2D eigenvalue weighted by molar-refractivity contribution is 5.80. The molecule has 0 aliphatic carbocycles. The first-order chi connectivity index (χ1) is 14.5. The molecule has 7 heteroatoms. The minimum atomic E-state index is 0.00288. The summed E-state index contributed by atoms with van der Waals surface area (Å²) in [5.74, 6) is 3.28. The van der Waals surface area contributed by atoms with Crippen LogP contribution < -0.4 is 15.4 Å². The van der Waals surface area contributed by atoms with E-state index in [9.17, 15) is 0 Å². The van der Waals surface area contributed by atoms with E-state index in [1.165, 1.54) is 5.56 Å². The van der Waals surface area contributed by atoms with Crippen LogP contribution in [0.1, 0.15) is 41.3 Å². The number of aliphatic imine (C=N–C) groups is 1. The molecule has 2 N–H and O–H groups in total. The normalized spacial score (nSPS) is 12.5. The maximum Gasteiger partial charge on any atom is 0.192 e. The van der Waals surface area contributed by atoms with Gasteiger partial charge in [-0.15, -0.1) is 10.2 Å². The van der Waals surface area contributed by atoms with Crippen LogP contribution in [0.25, 0.3) is 0 Å². The summed E-state index contributed by atoms with van der Waals surface area (Å²) in [6, 6.07) is 16.4. The smallest absolute Gasteiger partial charge is 0.192 e. The van der Waals surface area contributed by atoms with E-state index in [4.69, 9.17) is 9.73 Å². The third-order valence-electron chi connectivity index (χ3n) is 5.06. The summed E-state index contributed by atoms with van der Waals surface area (Å²) in [5, 5.41) is 15.2. The van der Waals surface area contributed by atoms with E-state index in [-0.39, 0.29) is 6.04 Å². The summed E-state index contributed by atoms with van der Waals surface area (Å²) in [5.41, 5.74) is 3.42. The average Bonchev–Trinajstić information content (AvgIpc) is 3.08. The number of rotatable bonds is 7. The van der Waals surface area contributed by atoms with E-state index >= 15 is 0 Å². The molecular formula is C23H30N6O. The first-order valence-electron chi connectivity index (χ1n) is 10.1. The molecule has 3 rings (SSSR count). The van der Waals surface area contributed by atoms with Crippen LogP contribution in [0.5, 0.6) is 5.75 Å². The standard InChI is InChI=1S/C23H30N6O/c1-16-11-12-21(30-5)20(13-16)17(2)26-23(24-14-19-9-7-6-8-10-19)25-15-22-28-27-18(3)29(22)4/h6-13,17H,14-15H2,1-5H3,(H2,24,25,26). The number of guanidine groups is 1. The molecule has 1 aromatic heterocycles. The fraction of sp³-hybridized carbons (Fsp3) is 0.348. The Morgan fingerprint density at radius 1 is 1.13 bits per heavy atom. The van der Waals surface area contributed by atoms with Crippen LogP contribution in [0, 0.1) is 13.8 Å². The molecule has 158 valence electrons. The molecule has 0 bridgehead atoms. The second-order valence-corrected chi connectivity index (χ2v) is 7.34. The predicted octanol–water partition coefficient (Wildman–Crippen LogP) is 3.44. The molecule has 1 atom stereocenters. The van der Waals surface area contributed by atoms with Crippen molar-refractivity contribution >= 4 is 5.96 Å². The van der Waals surface area contributed by atoms with Crippen molar-refractivity contribution in [2.24, 2.45) is 12.0 Å². The largest absolute Gasteiger partial charge is 0.496 e. The molecule has 0 saturated carbocycles. The molecule has 30 heavy (non-hydrogen) atoms. The third-order valence-corrected chi connectivity index (χ3v) is 5.06. The zero-order valence-corrected chi connectivity index (χ0v) is 18.3. The van der Waals surface area contributed by atoms with E-state index in [0.29, 0.717) is 19.0 Å². The van der Waals surface area contributed by atoms with Crippen molar-refractivity contribution in [1.82, 2.24) is 25.4 Å². The number of aromatic nitrogens is 3. The lowest BCUT2D eigenvalue weighted by atomic mass is 10.0. The van der Waals surface area contributed by atoms with E-state index in [0.717, 1.165) is 28.5 Å². The minimum absolute atomic E-state index is 0.00288. The summed E-state index contributed by atoms with van der Waals surface area (Å²) in [7, 11) is 3.65. The number of aryl methyl sites for hydroxylation is 2. The fourth-order valence-corrected chi connectivity index (χ4v) is 3.15. The summed E-state index contributed by atoms with van der Waals surface area (Å²) < 4.78 is 7.53. The van der Waals surface area contributed by atoms with Crippen molar-refractivity contribution in [2.45, 2.75) is 39.9 Å². The first-order valence-corrected chi connectivity index (χ1v) is 10.1. The van der Waals surface area contributed by atoms with Gasteiger partial charge in [0.2, 0.25) is 0 Å². The molecule has 0 radical (unpaired) electrons. The Bertz CT molecular complexity index is 996. The van der Waals surface area contributed by atoms with Crippen LogP contribution >= 0.6 is 0 Å². The Balaban J connectivity index is 1.79. The molecule has 0 aliphatic rings. The molecule has 1 heterocycles. The molecule has 0 fully saturated rings. The number of nitrogens with one attached hydrogen (secondary N) is 2. The first kappa shape index (κ1) is 21.4. The minimum Gasteiger partial charge on any atom is -0.496 e. The van der Waals surface area contributed by atoms with Gasteiger partial charge in [-0.3, -0.25) is 0 Å². The van der Waals surface area contributed by atoms with Gasteiger partial charge < -0.3 is 19.9 Å². The number of benzene rings is 2. The second kappa shape index (κ2) is 9.91. The number of nitrogens with zero attached hydrogens (tertiary/aromatic N) is 4. The number of hydrogen-bond acceptors (Lipinski definition) is 4. The van der Waals surface area contributed by atoms with Crippen molar-refractivity contribution < 1.29 is 4.74 Å². The Morgan fingerprint density at radius 3 is 2.57 bits per heavy atom. The van der Waals surface area contributed by atoms with Crippen LogP contribution in [0.15, 0.2) is 53.5 Å². The highest BCUT2D eigenvalue weighted by atomic mass is 16.5. The van der Waals surface area contributed by atoms with Gasteiger partial charge in [0.15, 0.2) is 11.8 Å². The van der Waals surface area contributed by atoms with Gasteiger partial charge in [-0.2, -0.15) is 0 Å². The van der Waals surface area contributed by atoms with Crippen molar-refractivity contribution in [3.05, 3.63) is 76.9 Å². The number of ether oxygens (including phenoxy) is 1. The van der Waals surface area contributed by atoms with Gasteiger partial charge in [-0.05, 0) is 32.4 Å². The number of hydrogen-bond donors (Lipinski definition) is 2. The summed E-state index contributed by atoms with van der Waals surface area (Å²) in [6.07, 6.45) is 0. The van der Waals surface area contributed by atoms with Gasteiger partial charge in [0, 0.05) is 12.6 Å². The van der Waals surface area contributed by atoms with Crippen molar-refractivity contribution in [3.63, 3.8) is 0 Å². The summed E-state index contributed by atoms with van der Waals surface area (Å²) in [4.78, 5) is 4.79. The monoisotopic (exact) mass is 406 g/mol. The maximum absolute atomic E-state index is 5.56. The maximum atomic E-state index is 5.56. The highest BCUT2D eigenvalue weighted by Crippen LogP contribution is 2.26. The summed E-state index contributed by atoms with van der Waals surface area (Å²) in [6.45, 7) is 7.21. The predicted molar refractivity (Wildman–Crippen MR) is 119 cm³/mol. The highest BCUT2D eigenvalue weighted by Gasteiger charge is 2.14. The van der Waals surface area contributed by atoms with Gasteiger partial charge in [-0.25, -0.2) is 4.99 Å². The van der Waals surface area contributed by atoms with Crippen LogP contribution in [-0.4, -0.2) is 27.8 Å². The average molecular weight is 407 g/mol. The molecule has 0 aliphatic heterocycles. The topological polar surface area (TPSA) is 76.4 Å². The van der Waals surface area contributed by atoms with Gasteiger partial charge >= 0.3 is 0 Å². The SMILES string of the molecule is COc1ccc(C)cc1C(C)NC(=NCc1ccccc1)NCc1nnc(C)n1C. The van der Waals surface area contributed by atoms with E-state index < -0.39 is 0 Å². The lowest BCUT2D eigenvalue weighted by Crippen LogP contribution is -2.39. The Kier molecular flexibility index (Phi) is 7.06. The lowest BCUT2D eigenvalue weighted by molar-refractivity contribution is 0.405. The van der Waals surface area contributed by atoms with Crippen molar-refractivity contribution in [1.29, 1.82) is 0 Å². The zero-order valence-electron chi connectivity index (χ0n) is 18.3.